The van der Waals surface area contributed by atoms with Gasteiger partial charge in [0, 0.05) is 41.7 Å². The number of carbonyl (C=O) groups is 1. The lowest BCUT2D eigenvalue weighted by atomic mass is 9.89. The molecule has 138 valence electrons. The number of H-pyrrole nitrogens is 1. The van der Waals surface area contributed by atoms with Gasteiger partial charge in [0.15, 0.2) is 5.78 Å². The predicted molar refractivity (Wildman–Crippen MR) is 107 cm³/mol. The second-order valence-electron chi connectivity index (χ2n) is 7.20. The average Bonchev–Trinajstić information content (AvgIpc) is 2.90. The summed E-state index contributed by atoms with van der Waals surface area (Å²) in [6.07, 6.45) is 4.31. The van der Waals surface area contributed by atoms with Crippen molar-refractivity contribution < 1.29 is 9.90 Å². The minimum atomic E-state index is 0.0415. The molecule has 2 N–H and O–H groups in total. The van der Waals surface area contributed by atoms with Gasteiger partial charge in [0.25, 0.3) is 0 Å². The summed E-state index contributed by atoms with van der Waals surface area (Å²) < 4.78 is 0. The van der Waals surface area contributed by atoms with Crippen LogP contribution in [0.2, 0.25) is 0 Å². The van der Waals surface area contributed by atoms with Crippen molar-refractivity contribution in [1.29, 1.82) is 0 Å². The van der Waals surface area contributed by atoms with E-state index in [1.165, 1.54) is 22.2 Å². The number of carbonyl (C=O) groups excluding carboxylic acids is 1. The Morgan fingerprint density at radius 3 is 2.85 bits per heavy atom. The SMILES string of the molecule is CCCC(O)=C1C(=O)CCCC1=NCCc1c(C)[nH]c2ccc(C)cc12. The van der Waals surface area contributed by atoms with E-state index in [-0.39, 0.29) is 11.5 Å². The first kappa shape index (κ1) is 18.4. The van der Waals surface area contributed by atoms with Gasteiger partial charge in [0.1, 0.15) is 5.76 Å². The number of aliphatic hydroxyl groups is 1. The third-order valence-electron chi connectivity index (χ3n) is 5.10. The molecule has 1 saturated carbocycles. The van der Waals surface area contributed by atoms with E-state index in [0.717, 1.165) is 36.9 Å². The lowest BCUT2D eigenvalue weighted by Gasteiger charge is -2.17. The largest absolute Gasteiger partial charge is 0.511 e. The summed E-state index contributed by atoms with van der Waals surface area (Å²) in [7, 11) is 0. The summed E-state index contributed by atoms with van der Waals surface area (Å²) in [6.45, 7) is 6.84. The summed E-state index contributed by atoms with van der Waals surface area (Å²) in [4.78, 5) is 20.4. The van der Waals surface area contributed by atoms with E-state index >= 15 is 0 Å². The molecule has 0 radical (unpaired) electrons. The van der Waals surface area contributed by atoms with Crippen molar-refractivity contribution in [3.63, 3.8) is 0 Å². The summed E-state index contributed by atoms with van der Waals surface area (Å²) in [5.41, 5.74) is 6.15. The second kappa shape index (κ2) is 7.90. The number of aryl methyl sites for hydroxylation is 2. The van der Waals surface area contributed by atoms with Gasteiger partial charge in [-0.2, -0.15) is 0 Å². The zero-order chi connectivity index (χ0) is 18.7. The van der Waals surface area contributed by atoms with Crippen LogP contribution in [0.1, 0.15) is 55.8 Å². The molecule has 1 heterocycles. The third kappa shape index (κ3) is 3.74. The number of allylic oxidation sites excluding steroid dienone is 2. The first-order valence-electron chi connectivity index (χ1n) is 9.58. The number of fused-ring (bicyclic) bond motifs is 1. The molecule has 0 atom stereocenters. The van der Waals surface area contributed by atoms with Crippen molar-refractivity contribution in [2.75, 3.05) is 6.54 Å². The Bertz CT molecular complexity index is 887. The molecular formula is C22H28N2O2. The number of hydrogen-bond donors (Lipinski definition) is 2. The maximum absolute atomic E-state index is 12.3. The van der Waals surface area contributed by atoms with Crippen molar-refractivity contribution in [2.45, 2.75) is 59.3 Å². The fourth-order valence-electron chi connectivity index (χ4n) is 3.80. The van der Waals surface area contributed by atoms with E-state index in [4.69, 9.17) is 4.99 Å². The summed E-state index contributed by atoms with van der Waals surface area (Å²) >= 11 is 0. The Morgan fingerprint density at radius 2 is 2.08 bits per heavy atom. The van der Waals surface area contributed by atoms with Gasteiger partial charge in [0.2, 0.25) is 0 Å². The Morgan fingerprint density at radius 1 is 1.27 bits per heavy atom. The topological polar surface area (TPSA) is 65.4 Å². The predicted octanol–water partition coefficient (Wildman–Crippen LogP) is 5.13. The van der Waals surface area contributed by atoms with Gasteiger partial charge in [0.05, 0.1) is 5.57 Å². The number of rotatable bonds is 5. The molecule has 2 aromatic rings. The molecule has 1 aliphatic rings. The summed E-state index contributed by atoms with van der Waals surface area (Å²) in [5, 5.41) is 11.5. The number of aromatic nitrogens is 1. The van der Waals surface area contributed by atoms with E-state index in [1.807, 2.05) is 6.92 Å². The first-order chi connectivity index (χ1) is 12.5. The lowest BCUT2D eigenvalue weighted by Crippen LogP contribution is -2.21. The van der Waals surface area contributed by atoms with Gasteiger partial charge < -0.3 is 10.1 Å². The van der Waals surface area contributed by atoms with Crippen LogP contribution in [0.3, 0.4) is 0 Å². The maximum Gasteiger partial charge on any atom is 0.168 e. The zero-order valence-electron chi connectivity index (χ0n) is 16.0. The molecule has 3 rings (SSSR count). The normalized spacial score (nSPS) is 18.7. The van der Waals surface area contributed by atoms with Gasteiger partial charge in [-0.3, -0.25) is 9.79 Å². The molecule has 0 aliphatic heterocycles. The highest BCUT2D eigenvalue weighted by molar-refractivity contribution is 6.24. The van der Waals surface area contributed by atoms with E-state index in [2.05, 4.69) is 37.0 Å². The minimum Gasteiger partial charge on any atom is -0.511 e. The number of ketones is 1. The van der Waals surface area contributed by atoms with Crippen LogP contribution in [-0.4, -0.2) is 28.1 Å². The standard InChI is InChI=1S/C22H28N2O2/c1-4-6-20(25)22-19(7-5-8-21(22)26)23-12-11-16-15(3)24-18-10-9-14(2)13-17(16)18/h9-10,13,24-25H,4-8,11-12H2,1-3H3. The Kier molecular flexibility index (Phi) is 5.60. The van der Waals surface area contributed by atoms with Gasteiger partial charge in [-0.1, -0.05) is 18.6 Å². The van der Waals surface area contributed by atoms with E-state index in [1.54, 1.807) is 0 Å². The van der Waals surface area contributed by atoms with Gasteiger partial charge in [-0.15, -0.1) is 0 Å². The molecule has 4 heteroatoms. The molecule has 0 spiro atoms. The second-order valence-corrected chi connectivity index (χ2v) is 7.20. The number of nitrogens with zero attached hydrogens (tertiary/aromatic N) is 1. The lowest BCUT2D eigenvalue weighted by molar-refractivity contribution is -0.115. The zero-order valence-corrected chi connectivity index (χ0v) is 16.0. The molecule has 1 aromatic heterocycles. The van der Waals surface area contributed by atoms with Crippen LogP contribution in [0.15, 0.2) is 34.5 Å². The summed E-state index contributed by atoms with van der Waals surface area (Å²) in [5.74, 6) is 0.259. The van der Waals surface area contributed by atoms with Gasteiger partial charge in [-0.25, -0.2) is 0 Å². The fraction of sp³-hybridized carbons (Fsp3) is 0.455. The van der Waals surface area contributed by atoms with Crippen molar-refractivity contribution in [3.05, 3.63) is 46.4 Å². The molecule has 26 heavy (non-hydrogen) atoms. The number of hydrogen-bond acceptors (Lipinski definition) is 3. The molecule has 0 bridgehead atoms. The molecule has 1 fully saturated rings. The molecule has 0 amide bonds. The smallest absolute Gasteiger partial charge is 0.168 e. The van der Waals surface area contributed by atoms with Crippen LogP contribution in [0.5, 0.6) is 0 Å². The van der Waals surface area contributed by atoms with Crippen LogP contribution in [-0.2, 0) is 11.2 Å². The highest BCUT2D eigenvalue weighted by atomic mass is 16.3. The van der Waals surface area contributed by atoms with Crippen LogP contribution in [0, 0.1) is 13.8 Å². The fourth-order valence-corrected chi connectivity index (χ4v) is 3.80. The van der Waals surface area contributed by atoms with E-state index in [0.29, 0.717) is 25.0 Å². The number of Topliss-reactive ketones (excluding diaryl/α,β-unsaturated/α-hetero) is 1. The highest BCUT2D eigenvalue weighted by Crippen LogP contribution is 2.25. The molecule has 4 nitrogen and oxygen atoms in total. The third-order valence-corrected chi connectivity index (χ3v) is 5.10. The maximum atomic E-state index is 12.3. The number of benzene rings is 1. The van der Waals surface area contributed by atoms with Crippen molar-refractivity contribution in [3.8, 4) is 0 Å². The van der Waals surface area contributed by atoms with E-state index < -0.39 is 0 Å². The van der Waals surface area contributed by atoms with Crippen LogP contribution in [0.25, 0.3) is 10.9 Å². The monoisotopic (exact) mass is 352 g/mol. The molecule has 1 aromatic carbocycles. The average molecular weight is 352 g/mol. The highest BCUT2D eigenvalue weighted by Gasteiger charge is 2.24. The van der Waals surface area contributed by atoms with Gasteiger partial charge >= 0.3 is 0 Å². The summed E-state index contributed by atoms with van der Waals surface area (Å²) in [6, 6.07) is 6.45. The Balaban J connectivity index is 1.83. The molecule has 0 unspecified atom stereocenters. The van der Waals surface area contributed by atoms with Gasteiger partial charge in [-0.05, 0) is 57.2 Å². The van der Waals surface area contributed by atoms with Crippen molar-refractivity contribution in [1.82, 2.24) is 4.98 Å². The Hall–Kier alpha value is -2.36. The van der Waals surface area contributed by atoms with Crippen LogP contribution >= 0.6 is 0 Å². The quantitative estimate of drug-likeness (QED) is 0.578. The number of aromatic amines is 1. The van der Waals surface area contributed by atoms with Crippen molar-refractivity contribution in [2.24, 2.45) is 4.99 Å². The number of aliphatic hydroxyl groups excluding tert-OH is 1. The number of aliphatic imine (C=N–C) groups is 1. The Labute approximate surface area is 155 Å². The van der Waals surface area contributed by atoms with Crippen molar-refractivity contribution >= 4 is 22.4 Å². The molecular weight excluding hydrogens is 324 g/mol. The first-order valence-corrected chi connectivity index (χ1v) is 9.58. The minimum absolute atomic E-state index is 0.0415. The molecule has 0 saturated heterocycles. The van der Waals surface area contributed by atoms with Crippen LogP contribution < -0.4 is 0 Å². The number of nitrogens with one attached hydrogen (secondary N) is 1. The van der Waals surface area contributed by atoms with E-state index in [9.17, 15) is 9.90 Å². The van der Waals surface area contributed by atoms with Crippen LogP contribution in [0.4, 0.5) is 0 Å². The molecule has 1 aliphatic carbocycles.